The summed E-state index contributed by atoms with van der Waals surface area (Å²) in [5.74, 6) is 5.63. The second-order valence-electron chi connectivity index (χ2n) is 12.1. The Balaban J connectivity index is 0.000000136. The van der Waals surface area contributed by atoms with Gasteiger partial charge in [-0.1, -0.05) is 17.7 Å². The van der Waals surface area contributed by atoms with Gasteiger partial charge in [0.05, 0.1) is 12.3 Å². The molecule has 2 aliphatic carbocycles. The maximum Gasteiger partial charge on any atom is 0.151 e. The summed E-state index contributed by atoms with van der Waals surface area (Å²) in [6.07, 6.45) is 1.61. The number of fused-ring (bicyclic) bond motifs is 2. The van der Waals surface area contributed by atoms with Crippen LogP contribution >= 0.6 is 11.6 Å². The smallest absolute Gasteiger partial charge is 0.151 e. The van der Waals surface area contributed by atoms with Crippen LogP contribution in [0, 0.1) is 56.3 Å². The number of hydrogen-bond acceptors (Lipinski definition) is 10. The van der Waals surface area contributed by atoms with Crippen molar-refractivity contribution in [2.24, 2.45) is 35.5 Å². The van der Waals surface area contributed by atoms with E-state index in [9.17, 15) is 9.59 Å². The minimum atomic E-state index is 0.0525. The van der Waals surface area contributed by atoms with Crippen LogP contribution in [-0.4, -0.2) is 82.2 Å². The number of pyridine rings is 3. The Hall–Kier alpha value is -3.44. The number of carbonyl (C=O) groups excluding carboxylic acids is 2. The summed E-state index contributed by atoms with van der Waals surface area (Å²) in [5.41, 5.74) is 4.51. The van der Waals surface area contributed by atoms with Gasteiger partial charge in [0.1, 0.15) is 16.8 Å². The lowest BCUT2D eigenvalue weighted by Crippen LogP contribution is -2.25. The molecule has 234 valence electrons. The molecule has 0 aromatic carbocycles. The number of aliphatic hydroxyl groups is 3. The Morgan fingerprint density at radius 2 is 1.11 bits per heavy atom. The summed E-state index contributed by atoms with van der Waals surface area (Å²) >= 11 is 5.55. The van der Waals surface area contributed by atoms with Gasteiger partial charge in [-0.3, -0.25) is 9.59 Å². The second kappa shape index (κ2) is 13.7. The predicted molar refractivity (Wildman–Crippen MR) is 168 cm³/mol. The number of nitrogens with zero attached hydrogens (tertiary/aromatic N) is 5. The Bertz CT molecular complexity index is 1480. The Morgan fingerprint density at radius 3 is 1.50 bits per heavy atom. The van der Waals surface area contributed by atoms with Gasteiger partial charge in [0.25, 0.3) is 0 Å². The molecule has 3 aromatic heterocycles. The topological polar surface area (TPSA) is 140 Å². The Kier molecular flexibility index (Phi) is 9.94. The highest BCUT2D eigenvalue weighted by atomic mass is 35.5. The van der Waals surface area contributed by atoms with Gasteiger partial charge in [0.2, 0.25) is 0 Å². The number of aliphatic hydroxyl groups excluding tert-OH is 3. The predicted octanol–water partition coefficient (Wildman–Crippen LogP) is 3.29. The molecule has 2 unspecified atom stereocenters. The number of hydrogen-bond donors (Lipinski definition) is 3. The highest BCUT2D eigenvalue weighted by molar-refractivity contribution is 6.29. The van der Waals surface area contributed by atoms with Crippen molar-refractivity contribution in [1.29, 1.82) is 0 Å². The van der Waals surface area contributed by atoms with Crippen LogP contribution in [0.3, 0.4) is 0 Å². The first-order chi connectivity index (χ1) is 21.2. The molecule has 44 heavy (non-hydrogen) atoms. The van der Waals surface area contributed by atoms with E-state index in [0.717, 1.165) is 67.3 Å². The van der Waals surface area contributed by atoms with Gasteiger partial charge >= 0.3 is 0 Å². The lowest BCUT2D eigenvalue weighted by atomic mass is 10.2. The van der Waals surface area contributed by atoms with E-state index in [0.29, 0.717) is 70.7 Å². The normalized spacial score (nSPS) is 25.6. The largest absolute Gasteiger partial charge is 0.396 e. The molecule has 3 aromatic rings. The van der Waals surface area contributed by atoms with Gasteiger partial charge in [-0.2, -0.15) is 0 Å². The van der Waals surface area contributed by atoms with Gasteiger partial charge in [-0.25, -0.2) is 15.0 Å². The van der Waals surface area contributed by atoms with Crippen LogP contribution in [-0.2, 0) is 6.61 Å². The van der Waals surface area contributed by atoms with Crippen molar-refractivity contribution in [2.45, 2.75) is 27.4 Å². The highest BCUT2D eigenvalue weighted by Crippen LogP contribution is 2.52. The fourth-order valence-corrected chi connectivity index (χ4v) is 6.85. The lowest BCUT2D eigenvalue weighted by Gasteiger charge is -2.21. The van der Waals surface area contributed by atoms with E-state index < -0.39 is 0 Å². The van der Waals surface area contributed by atoms with Crippen LogP contribution in [0.5, 0.6) is 0 Å². The van der Waals surface area contributed by atoms with Gasteiger partial charge < -0.3 is 25.1 Å². The van der Waals surface area contributed by atoms with E-state index in [2.05, 4.69) is 24.8 Å². The van der Waals surface area contributed by atoms with Crippen LogP contribution in [0.4, 0.5) is 11.6 Å². The van der Waals surface area contributed by atoms with Crippen molar-refractivity contribution in [3.8, 4) is 0 Å². The monoisotopic (exact) mass is 621 g/mol. The Morgan fingerprint density at radius 1 is 0.682 bits per heavy atom. The number of anilines is 2. The molecular formula is C33H40ClN5O5. The summed E-state index contributed by atoms with van der Waals surface area (Å²) in [7, 11) is 0. The average molecular weight is 622 g/mol. The van der Waals surface area contributed by atoms with Crippen LogP contribution in [0.2, 0.25) is 5.15 Å². The molecule has 2 saturated heterocycles. The van der Waals surface area contributed by atoms with E-state index in [1.807, 2.05) is 38.1 Å². The molecule has 0 amide bonds. The van der Waals surface area contributed by atoms with E-state index in [4.69, 9.17) is 26.9 Å². The first kappa shape index (κ1) is 32.0. The highest BCUT2D eigenvalue weighted by Gasteiger charge is 2.56. The number of halogens is 1. The fourth-order valence-electron chi connectivity index (χ4n) is 6.66. The molecule has 0 bridgehead atoms. The SMILES string of the molecule is Cc1nc(Cl)ccc1C=O.Cc1nc(N2C[C@@H]3C(CO)[C@@H]3C2)ccc1C=O.Cc1nc(N2C[C@@H]3C(CO)[C@@H]3C2)ccc1CO. The van der Waals surface area contributed by atoms with Crippen molar-refractivity contribution in [2.75, 3.05) is 49.2 Å². The number of aryl methyl sites for hydroxylation is 3. The molecule has 2 aliphatic heterocycles. The third-order valence-electron chi connectivity index (χ3n) is 9.62. The standard InChI is InChI=1S/C13H18N2O2.C13H16N2O2.C7H6ClNO/c2*1-8-9(6-16)2-3-13(14-8)15-4-10-11(5-15)12(10)7-17;1-5-6(4-10)2-3-7(8)9-5/h2-3,10-12,16-17H,4-7H2,1H3;2-3,6,10-12,17H,4-5,7H2,1H3;2-4H,1H3/t2*10-,11+,12?;. The summed E-state index contributed by atoms with van der Waals surface area (Å²) in [6.45, 7) is 10.3. The molecule has 6 atom stereocenters. The van der Waals surface area contributed by atoms with Crippen LogP contribution in [0.15, 0.2) is 36.4 Å². The lowest BCUT2D eigenvalue weighted by molar-refractivity contribution is 0.111. The third-order valence-corrected chi connectivity index (χ3v) is 9.83. The van der Waals surface area contributed by atoms with Gasteiger partial charge in [0.15, 0.2) is 12.6 Å². The van der Waals surface area contributed by atoms with E-state index in [1.165, 1.54) is 0 Å². The molecule has 0 spiro atoms. The summed E-state index contributed by atoms with van der Waals surface area (Å²) in [5, 5.41) is 27.8. The molecule has 5 heterocycles. The number of piperidine rings is 2. The summed E-state index contributed by atoms with van der Waals surface area (Å²) in [6, 6.07) is 10.9. The number of aldehydes is 2. The number of carbonyl (C=O) groups is 2. The molecule has 10 nitrogen and oxygen atoms in total. The summed E-state index contributed by atoms with van der Waals surface area (Å²) in [4.78, 5) is 38.4. The van der Waals surface area contributed by atoms with Crippen LogP contribution in [0.1, 0.15) is 43.4 Å². The minimum absolute atomic E-state index is 0.0525. The molecule has 7 rings (SSSR count). The molecular weight excluding hydrogens is 582 g/mol. The fraction of sp³-hybridized carbons (Fsp3) is 0.485. The molecule has 3 N–H and O–H groups in total. The number of rotatable bonds is 7. The van der Waals surface area contributed by atoms with Crippen molar-refractivity contribution >= 4 is 35.8 Å². The zero-order valence-corrected chi connectivity index (χ0v) is 26.1. The Labute approximate surface area is 262 Å². The first-order valence-electron chi connectivity index (χ1n) is 15.0. The van der Waals surface area contributed by atoms with E-state index in [1.54, 1.807) is 19.1 Å². The summed E-state index contributed by atoms with van der Waals surface area (Å²) < 4.78 is 0. The average Bonchev–Trinajstić information content (AvgIpc) is 3.71. The van der Waals surface area contributed by atoms with E-state index in [-0.39, 0.29) is 6.61 Å². The van der Waals surface area contributed by atoms with Crippen LogP contribution < -0.4 is 9.80 Å². The molecule has 4 fully saturated rings. The van der Waals surface area contributed by atoms with Gasteiger partial charge in [-0.05, 0) is 92.2 Å². The van der Waals surface area contributed by atoms with Crippen molar-refractivity contribution < 1.29 is 24.9 Å². The van der Waals surface area contributed by atoms with Crippen molar-refractivity contribution in [1.82, 2.24) is 15.0 Å². The zero-order chi connectivity index (χ0) is 31.5. The maximum absolute atomic E-state index is 10.7. The molecule has 4 aliphatic rings. The van der Waals surface area contributed by atoms with Crippen molar-refractivity contribution in [3.05, 3.63) is 75.3 Å². The molecule has 11 heteroatoms. The third kappa shape index (κ3) is 6.78. The molecule has 0 radical (unpaired) electrons. The van der Waals surface area contributed by atoms with E-state index >= 15 is 0 Å². The minimum Gasteiger partial charge on any atom is -0.396 e. The van der Waals surface area contributed by atoms with Crippen molar-refractivity contribution in [3.63, 3.8) is 0 Å². The zero-order valence-electron chi connectivity index (χ0n) is 25.3. The van der Waals surface area contributed by atoms with Gasteiger partial charge in [0, 0.05) is 61.9 Å². The second-order valence-corrected chi connectivity index (χ2v) is 12.5. The van der Waals surface area contributed by atoms with Crippen LogP contribution in [0.25, 0.3) is 0 Å². The maximum atomic E-state index is 10.7. The van der Waals surface area contributed by atoms with Gasteiger partial charge in [-0.15, -0.1) is 0 Å². The molecule has 2 saturated carbocycles. The quantitative estimate of drug-likeness (QED) is 0.266. The number of aromatic nitrogens is 3. The first-order valence-corrected chi connectivity index (χ1v) is 15.4.